The van der Waals surface area contributed by atoms with Crippen LogP contribution in [0.5, 0.6) is 0 Å². The van der Waals surface area contributed by atoms with Gasteiger partial charge in [0.05, 0.1) is 18.7 Å². The van der Waals surface area contributed by atoms with Crippen LogP contribution in [0.1, 0.15) is 38.9 Å². The van der Waals surface area contributed by atoms with E-state index < -0.39 is 0 Å². The SMILES string of the molecule is CCCN1CCOC(C(=O)Cc2ccn(C(C)C)n2)C1. The van der Waals surface area contributed by atoms with Crippen LogP contribution in [0.25, 0.3) is 0 Å². The highest BCUT2D eigenvalue weighted by atomic mass is 16.5. The van der Waals surface area contributed by atoms with Crippen LogP contribution in [0.2, 0.25) is 0 Å². The maximum atomic E-state index is 12.3. The van der Waals surface area contributed by atoms with Crippen molar-refractivity contribution in [2.45, 2.75) is 45.8 Å². The van der Waals surface area contributed by atoms with Gasteiger partial charge in [0, 0.05) is 25.3 Å². The molecule has 2 rings (SSSR count). The van der Waals surface area contributed by atoms with Gasteiger partial charge in [0.2, 0.25) is 0 Å². The highest BCUT2D eigenvalue weighted by Crippen LogP contribution is 2.11. The van der Waals surface area contributed by atoms with E-state index in [0.29, 0.717) is 19.1 Å². The zero-order valence-corrected chi connectivity index (χ0v) is 12.7. The standard InChI is InChI=1S/C15H25N3O2/c1-4-6-17-8-9-20-15(11-17)14(19)10-13-5-7-18(16-13)12(2)3/h5,7,12,15H,4,6,8-11H2,1-3H3. The van der Waals surface area contributed by atoms with Crippen molar-refractivity contribution in [2.75, 3.05) is 26.2 Å². The van der Waals surface area contributed by atoms with Gasteiger partial charge < -0.3 is 4.74 Å². The van der Waals surface area contributed by atoms with Gasteiger partial charge in [-0.2, -0.15) is 5.10 Å². The fraction of sp³-hybridized carbons (Fsp3) is 0.733. The Morgan fingerprint density at radius 2 is 2.35 bits per heavy atom. The summed E-state index contributed by atoms with van der Waals surface area (Å²) in [6.45, 7) is 9.64. The van der Waals surface area contributed by atoms with Gasteiger partial charge in [0.25, 0.3) is 0 Å². The lowest BCUT2D eigenvalue weighted by atomic mass is 10.1. The van der Waals surface area contributed by atoms with Crippen molar-refractivity contribution < 1.29 is 9.53 Å². The topological polar surface area (TPSA) is 47.4 Å². The van der Waals surface area contributed by atoms with Crippen LogP contribution in [0.3, 0.4) is 0 Å². The molecule has 1 aliphatic rings. The first-order chi connectivity index (χ1) is 9.60. The number of ether oxygens (including phenoxy) is 1. The average molecular weight is 279 g/mol. The molecule has 0 N–H and O–H groups in total. The van der Waals surface area contributed by atoms with Gasteiger partial charge in [-0.3, -0.25) is 14.4 Å². The number of morpholine rings is 1. The summed E-state index contributed by atoms with van der Waals surface area (Å²) in [6, 6.07) is 2.25. The summed E-state index contributed by atoms with van der Waals surface area (Å²) in [5.74, 6) is 0.139. The molecule has 0 spiro atoms. The van der Waals surface area contributed by atoms with Gasteiger partial charge in [-0.1, -0.05) is 6.92 Å². The van der Waals surface area contributed by atoms with Crippen molar-refractivity contribution >= 4 is 5.78 Å². The maximum absolute atomic E-state index is 12.3. The minimum atomic E-state index is -0.292. The molecule has 0 saturated carbocycles. The Morgan fingerprint density at radius 1 is 1.55 bits per heavy atom. The molecule has 1 aromatic rings. The maximum Gasteiger partial charge on any atom is 0.168 e. The van der Waals surface area contributed by atoms with Gasteiger partial charge >= 0.3 is 0 Å². The Kier molecular flexibility index (Phi) is 5.31. The molecule has 2 heterocycles. The molecule has 1 atom stereocenters. The van der Waals surface area contributed by atoms with Gasteiger partial charge in [-0.15, -0.1) is 0 Å². The number of carbonyl (C=O) groups is 1. The van der Waals surface area contributed by atoms with Crippen LogP contribution in [0.4, 0.5) is 0 Å². The highest BCUT2D eigenvalue weighted by molar-refractivity contribution is 5.85. The monoisotopic (exact) mass is 279 g/mol. The van der Waals surface area contributed by atoms with E-state index in [9.17, 15) is 4.79 Å². The summed E-state index contributed by atoms with van der Waals surface area (Å²) >= 11 is 0. The van der Waals surface area contributed by atoms with Crippen LogP contribution in [-0.2, 0) is 16.0 Å². The number of Topliss-reactive ketones (excluding diaryl/α,β-unsaturated/α-hetero) is 1. The number of nitrogens with zero attached hydrogens (tertiary/aromatic N) is 3. The second kappa shape index (κ2) is 6.99. The van der Waals surface area contributed by atoms with E-state index in [0.717, 1.165) is 31.7 Å². The van der Waals surface area contributed by atoms with Crippen molar-refractivity contribution in [2.24, 2.45) is 0 Å². The number of aromatic nitrogens is 2. The minimum Gasteiger partial charge on any atom is -0.368 e. The van der Waals surface area contributed by atoms with E-state index >= 15 is 0 Å². The van der Waals surface area contributed by atoms with Gasteiger partial charge in [-0.05, 0) is 32.9 Å². The molecule has 5 nitrogen and oxygen atoms in total. The van der Waals surface area contributed by atoms with Crippen molar-refractivity contribution in [1.82, 2.24) is 14.7 Å². The second-order valence-corrected chi connectivity index (χ2v) is 5.68. The Hall–Kier alpha value is -1.20. The lowest BCUT2D eigenvalue weighted by Gasteiger charge is -2.31. The van der Waals surface area contributed by atoms with Crippen LogP contribution >= 0.6 is 0 Å². The smallest absolute Gasteiger partial charge is 0.168 e. The molecular formula is C15H25N3O2. The zero-order chi connectivity index (χ0) is 14.5. The molecule has 1 aliphatic heterocycles. The average Bonchev–Trinajstić information content (AvgIpc) is 2.88. The van der Waals surface area contributed by atoms with Crippen molar-refractivity contribution in [1.29, 1.82) is 0 Å². The van der Waals surface area contributed by atoms with E-state index in [1.807, 2.05) is 16.9 Å². The lowest BCUT2D eigenvalue weighted by Crippen LogP contribution is -2.46. The molecular weight excluding hydrogens is 254 g/mol. The first kappa shape index (κ1) is 15.2. The molecule has 0 bridgehead atoms. The molecule has 1 aromatic heterocycles. The molecule has 0 aliphatic carbocycles. The van der Waals surface area contributed by atoms with Crippen LogP contribution in [0.15, 0.2) is 12.3 Å². The fourth-order valence-corrected chi connectivity index (χ4v) is 2.47. The van der Waals surface area contributed by atoms with Crippen LogP contribution in [0, 0.1) is 0 Å². The van der Waals surface area contributed by atoms with Crippen molar-refractivity contribution in [3.05, 3.63) is 18.0 Å². The Morgan fingerprint density at radius 3 is 3.00 bits per heavy atom. The molecule has 0 radical (unpaired) electrons. The largest absolute Gasteiger partial charge is 0.368 e. The van der Waals surface area contributed by atoms with Crippen LogP contribution in [-0.4, -0.2) is 52.8 Å². The van der Waals surface area contributed by atoms with E-state index in [-0.39, 0.29) is 11.9 Å². The quantitative estimate of drug-likeness (QED) is 0.795. The first-order valence-corrected chi connectivity index (χ1v) is 7.51. The summed E-state index contributed by atoms with van der Waals surface area (Å²) in [5.41, 5.74) is 0.833. The van der Waals surface area contributed by atoms with Crippen molar-refractivity contribution in [3.63, 3.8) is 0 Å². The number of hydrogen-bond acceptors (Lipinski definition) is 4. The summed E-state index contributed by atoms with van der Waals surface area (Å²) in [5, 5.41) is 4.43. The summed E-state index contributed by atoms with van der Waals surface area (Å²) in [6.07, 6.45) is 3.11. The van der Waals surface area contributed by atoms with Crippen LogP contribution < -0.4 is 0 Å². The Bertz CT molecular complexity index is 440. The Labute approximate surface area is 120 Å². The summed E-state index contributed by atoms with van der Waals surface area (Å²) in [4.78, 5) is 14.6. The summed E-state index contributed by atoms with van der Waals surface area (Å²) < 4.78 is 7.50. The predicted octanol–water partition coefficient (Wildman–Crippen LogP) is 1.69. The zero-order valence-electron chi connectivity index (χ0n) is 12.7. The molecule has 20 heavy (non-hydrogen) atoms. The molecule has 0 aromatic carbocycles. The number of rotatable bonds is 6. The van der Waals surface area contributed by atoms with E-state index in [2.05, 4.69) is 30.8 Å². The summed E-state index contributed by atoms with van der Waals surface area (Å²) in [7, 11) is 0. The van der Waals surface area contributed by atoms with Crippen molar-refractivity contribution in [3.8, 4) is 0 Å². The minimum absolute atomic E-state index is 0.139. The highest BCUT2D eigenvalue weighted by Gasteiger charge is 2.26. The van der Waals surface area contributed by atoms with E-state index in [1.165, 1.54) is 0 Å². The molecule has 1 saturated heterocycles. The number of ketones is 1. The van der Waals surface area contributed by atoms with Gasteiger partial charge in [-0.25, -0.2) is 0 Å². The predicted molar refractivity (Wildman–Crippen MR) is 77.8 cm³/mol. The lowest BCUT2D eigenvalue weighted by molar-refractivity contribution is -0.135. The van der Waals surface area contributed by atoms with E-state index in [4.69, 9.17) is 4.74 Å². The third kappa shape index (κ3) is 3.90. The second-order valence-electron chi connectivity index (χ2n) is 5.68. The molecule has 5 heteroatoms. The van der Waals surface area contributed by atoms with Gasteiger partial charge in [0.1, 0.15) is 6.10 Å². The molecule has 1 fully saturated rings. The number of hydrogen-bond donors (Lipinski definition) is 0. The Balaban J connectivity index is 1.90. The molecule has 112 valence electrons. The molecule has 1 unspecified atom stereocenters. The van der Waals surface area contributed by atoms with E-state index in [1.54, 1.807) is 0 Å². The van der Waals surface area contributed by atoms with Gasteiger partial charge in [0.15, 0.2) is 5.78 Å². The third-order valence-corrected chi connectivity index (χ3v) is 3.60. The first-order valence-electron chi connectivity index (χ1n) is 7.51. The fourth-order valence-electron chi connectivity index (χ4n) is 2.47. The molecule has 0 amide bonds. The third-order valence-electron chi connectivity index (χ3n) is 3.60. The number of carbonyl (C=O) groups excluding carboxylic acids is 1. The normalized spacial score (nSPS) is 20.5.